The molecule has 0 spiro atoms. The molecule has 1 aromatic carbocycles. The van der Waals surface area contributed by atoms with E-state index in [2.05, 4.69) is 13.8 Å². The lowest BCUT2D eigenvalue weighted by Gasteiger charge is -2.39. The Bertz CT molecular complexity index is 889. The molecule has 2 unspecified atom stereocenters. The summed E-state index contributed by atoms with van der Waals surface area (Å²) in [5.41, 5.74) is -1.18. The summed E-state index contributed by atoms with van der Waals surface area (Å²) in [6.45, 7) is 5.86. The number of sulfonamides is 1. The van der Waals surface area contributed by atoms with Crippen LogP contribution in [0.2, 0.25) is 5.02 Å². The Morgan fingerprint density at radius 3 is 2.20 bits per heavy atom. The Morgan fingerprint density at radius 2 is 1.67 bits per heavy atom. The maximum atomic E-state index is 13.1. The molecule has 0 bridgehead atoms. The third-order valence-electron chi connectivity index (χ3n) is 5.86. The number of alkyl halides is 3. The first-order chi connectivity index (χ1) is 13.9. The van der Waals surface area contributed by atoms with Crippen LogP contribution in [0.4, 0.5) is 13.2 Å². The number of benzene rings is 1. The minimum atomic E-state index is -4.75. The summed E-state index contributed by atoms with van der Waals surface area (Å²) in [6, 6.07) is 2.61. The number of likely N-dealkylation sites (tertiary alicyclic amines) is 1. The van der Waals surface area contributed by atoms with Gasteiger partial charge in [-0.2, -0.15) is 17.5 Å². The molecule has 1 aromatic rings. The van der Waals surface area contributed by atoms with Gasteiger partial charge in [0.15, 0.2) is 0 Å². The van der Waals surface area contributed by atoms with E-state index < -0.39 is 31.7 Å². The Balaban J connectivity index is 1.69. The van der Waals surface area contributed by atoms with Gasteiger partial charge in [0.05, 0.1) is 15.5 Å². The van der Waals surface area contributed by atoms with E-state index in [1.807, 2.05) is 4.90 Å². The molecule has 2 aliphatic rings. The molecular formula is C20H26ClF3N2O3S. The monoisotopic (exact) mass is 466 g/mol. The molecule has 3 rings (SSSR count). The highest BCUT2D eigenvalue weighted by Crippen LogP contribution is 2.37. The molecule has 0 saturated carbocycles. The van der Waals surface area contributed by atoms with Crippen LogP contribution in [-0.4, -0.2) is 49.7 Å². The fourth-order valence-electron chi connectivity index (χ4n) is 4.48. The van der Waals surface area contributed by atoms with Crippen molar-refractivity contribution >= 4 is 27.5 Å². The van der Waals surface area contributed by atoms with E-state index >= 15 is 0 Å². The van der Waals surface area contributed by atoms with Crippen molar-refractivity contribution in [2.45, 2.75) is 44.2 Å². The number of rotatable bonds is 3. The van der Waals surface area contributed by atoms with Crippen LogP contribution in [0.15, 0.2) is 23.1 Å². The van der Waals surface area contributed by atoms with Crippen LogP contribution in [0.3, 0.4) is 0 Å². The minimum Gasteiger partial charge on any atom is -0.342 e. The number of hydrogen-bond acceptors (Lipinski definition) is 3. The molecule has 1 amide bonds. The van der Waals surface area contributed by atoms with E-state index in [1.54, 1.807) is 0 Å². The quantitative estimate of drug-likeness (QED) is 0.668. The summed E-state index contributed by atoms with van der Waals surface area (Å²) >= 11 is 5.59. The van der Waals surface area contributed by atoms with Gasteiger partial charge in [0.2, 0.25) is 15.9 Å². The van der Waals surface area contributed by atoms with Crippen LogP contribution in [0.25, 0.3) is 0 Å². The van der Waals surface area contributed by atoms with Crippen LogP contribution >= 0.6 is 11.6 Å². The van der Waals surface area contributed by atoms with Crippen LogP contribution in [0.1, 0.15) is 38.7 Å². The van der Waals surface area contributed by atoms with Gasteiger partial charge in [0.25, 0.3) is 0 Å². The first-order valence-electron chi connectivity index (χ1n) is 10.0. The zero-order valence-corrected chi connectivity index (χ0v) is 18.5. The maximum Gasteiger partial charge on any atom is 0.417 e. The topological polar surface area (TPSA) is 57.7 Å². The Morgan fingerprint density at radius 1 is 1.10 bits per heavy atom. The molecule has 0 aliphatic carbocycles. The maximum absolute atomic E-state index is 13.1. The molecule has 0 radical (unpaired) electrons. The zero-order valence-electron chi connectivity index (χ0n) is 17.0. The van der Waals surface area contributed by atoms with Crippen LogP contribution in [0.5, 0.6) is 0 Å². The Kier molecular flexibility index (Phi) is 6.74. The first kappa shape index (κ1) is 23.3. The second-order valence-corrected chi connectivity index (χ2v) is 10.9. The van der Waals surface area contributed by atoms with Gasteiger partial charge in [0, 0.05) is 32.1 Å². The number of nitrogens with zero attached hydrogens (tertiary/aromatic N) is 2. The van der Waals surface area contributed by atoms with Gasteiger partial charge in [-0.05, 0) is 49.3 Å². The molecule has 30 heavy (non-hydrogen) atoms. The van der Waals surface area contributed by atoms with Crippen LogP contribution in [-0.2, 0) is 21.0 Å². The van der Waals surface area contributed by atoms with Crippen molar-refractivity contribution in [3.05, 3.63) is 28.8 Å². The number of carbonyl (C=O) groups is 1. The van der Waals surface area contributed by atoms with Gasteiger partial charge in [-0.25, -0.2) is 8.42 Å². The van der Waals surface area contributed by atoms with Gasteiger partial charge >= 0.3 is 6.18 Å². The fourth-order valence-corrected chi connectivity index (χ4v) is 6.20. The molecule has 0 aromatic heterocycles. The molecule has 2 atom stereocenters. The Labute approximate surface area is 180 Å². The van der Waals surface area contributed by atoms with Crippen LogP contribution in [0, 0.1) is 17.8 Å². The summed E-state index contributed by atoms with van der Waals surface area (Å²) in [4.78, 5) is 14.3. The molecular weight excluding hydrogens is 441 g/mol. The highest BCUT2D eigenvalue weighted by Gasteiger charge is 2.38. The van der Waals surface area contributed by atoms with Crippen molar-refractivity contribution < 1.29 is 26.4 Å². The van der Waals surface area contributed by atoms with Crippen molar-refractivity contribution in [2.24, 2.45) is 17.8 Å². The minimum absolute atomic E-state index is 0.0521. The van der Waals surface area contributed by atoms with Crippen molar-refractivity contribution in [3.63, 3.8) is 0 Å². The standard InChI is InChI=1S/C20H26ClF3N2O3S/c1-13-9-14(2)12-25(11-13)19(27)15-5-7-26(8-6-15)30(28,29)16-3-4-18(21)17(10-16)20(22,23)24/h3-4,10,13-15H,5-9,11-12H2,1-2H3. The number of piperidine rings is 2. The molecule has 5 nitrogen and oxygen atoms in total. The van der Waals surface area contributed by atoms with E-state index in [9.17, 15) is 26.4 Å². The number of carbonyl (C=O) groups excluding carboxylic acids is 1. The largest absolute Gasteiger partial charge is 0.417 e. The van der Waals surface area contributed by atoms with E-state index in [1.165, 1.54) is 0 Å². The van der Waals surface area contributed by atoms with Crippen molar-refractivity contribution in [1.82, 2.24) is 9.21 Å². The molecule has 0 N–H and O–H groups in total. The van der Waals surface area contributed by atoms with E-state index in [4.69, 9.17) is 11.6 Å². The summed E-state index contributed by atoms with van der Waals surface area (Å²) in [5.74, 6) is 0.665. The molecule has 2 aliphatic heterocycles. The predicted molar refractivity (Wildman–Crippen MR) is 107 cm³/mol. The third kappa shape index (κ3) is 4.94. The lowest BCUT2D eigenvalue weighted by Crippen LogP contribution is -2.48. The van der Waals surface area contributed by atoms with Gasteiger partial charge in [-0.3, -0.25) is 4.79 Å². The molecule has 2 fully saturated rings. The van der Waals surface area contributed by atoms with E-state index in [0.29, 0.717) is 43.8 Å². The van der Waals surface area contributed by atoms with E-state index in [-0.39, 0.29) is 24.9 Å². The van der Waals surface area contributed by atoms with Gasteiger partial charge in [-0.1, -0.05) is 25.4 Å². The molecule has 2 saturated heterocycles. The second kappa shape index (κ2) is 8.67. The van der Waals surface area contributed by atoms with E-state index in [0.717, 1.165) is 22.9 Å². The summed E-state index contributed by atoms with van der Waals surface area (Å²) < 4.78 is 66.2. The predicted octanol–water partition coefficient (Wildman–Crippen LogP) is 4.26. The van der Waals surface area contributed by atoms with Crippen molar-refractivity contribution in [1.29, 1.82) is 0 Å². The number of halogens is 4. The van der Waals surface area contributed by atoms with Crippen LogP contribution < -0.4 is 0 Å². The summed E-state index contributed by atoms with van der Waals surface area (Å²) in [6.07, 6.45) is -2.94. The van der Waals surface area contributed by atoms with Crippen molar-refractivity contribution in [2.75, 3.05) is 26.2 Å². The Hall–Kier alpha value is -1.32. The fraction of sp³-hybridized carbons (Fsp3) is 0.650. The lowest BCUT2D eigenvalue weighted by molar-refractivity contribution is -0.139. The molecule has 168 valence electrons. The van der Waals surface area contributed by atoms with Crippen molar-refractivity contribution in [3.8, 4) is 0 Å². The number of hydrogen-bond donors (Lipinski definition) is 0. The number of amides is 1. The highest BCUT2D eigenvalue weighted by atomic mass is 35.5. The third-order valence-corrected chi connectivity index (χ3v) is 8.09. The molecule has 10 heteroatoms. The lowest BCUT2D eigenvalue weighted by atomic mass is 9.89. The normalized spacial score (nSPS) is 24.8. The average molecular weight is 467 g/mol. The second-order valence-electron chi connectivity index (χ2n) is 8.51. The SMILES string of the molecule is CC1CC(C)CN(C(=O)C2CCN(S(=O)(=O)c3ccc(Cl)c(C(F)(F)F)c3)CC2)C1. The first-order valence-corrected chi connectivity index (χ1v) is 11.9. The smallest absolute Gasteiger partial charge is 0.342 e. The van der Waals surface area contributed by atoms with Gasteiger partial charge < -0.3 is 4.90 Å². The van der Waals surface area contributed by atoms with Gasteiger partial charge in [-0.15, -0.1) is 0 Å². The van der Waals surface area contributed by atoms with Gasteiger partial charge in [0.1, 0.15) is 0 Å². The molecule has 2 heterocycles. The summed E-state index contributed by atoms with van der Waals surface area (Å²) in [5, 5.41) is -0.546. The average Bonchev–Trinajstić information content (AvgIpc) is 2.66. The highest BCUT2D eigenvalue weighted by molar-refractivity contribution is 7.89. The zero-order chi connectivity index (χ0) is 22.3. The summed E-state index contributed by atoms with van der Waals surface area (Å²) in [7, 11) is -4.10.